The number of hydrogen-bond donors (Lipinski definition) is 0. The smallest absolute Gasteiger partial charge is 0.307 e. The topological polar surface area (TPSA) is 59.4 Å². The molecule has 0 fully saturated rings. The van der Waals surface area contributed by atoms with Crippen LogP contribution in [0.3, 0.4) is 0 Å². The van der Waals surface area contributed by atoms with Gasteiger partial charge >= 0.3 is 12.4 Å². The van der Waals surface area contributed by atoms with E-state index in [0.717, 1.165) is 72.4 Å². The largest absolute Gasteiger partial charge is 0.417 e. The lowest BCUT2D eigenvalue weighted by Crippen LogP contribution is -2.15. The number of halogens is 6. The van der Waals surface area contributed by atoms with Crippen LogP contribution in [0.25, 0.3) is 111 Å². The van der Waals surface area contributed by atoms with Gasteiger partial charge in [0.1, 0.15) is 0 Å². The molecular weight excluding hydrogens is 917 g/mol. The van der Waals surface area contributed by atoms with Crippen LogP contribution in [-0.2, 0) is 12.4 Å². The van der Waals surface area contributed by atoms with E-state index in [1.807, 2.05) is 179 Å². The number of hydrogen-bond acceptors (Lipinski definition) is 3. The molecule has 12 aromatic rings. The minimum absolute atomic E-state index is 0.241. The van der Waals surface area contributed by atoms with Gasteiger partial charge in [-0.2, -0.15) is 31.6 Å². The quantitative estimate of drug-likeness (QED) is 0.150. The highest BCUT2D eigenvalue weighted by molar-refractivity contribution is 6.13. The fraction of sp³-hybridized carbons (Fsp3) is 0.0328. The van der Waals surface area contributed by atoms with Crippen LogP contribution >= 0.6 is 0 Å². The molecule has 0 atom stereocenters. The third-order valence-corrected chi connectivity index (χ3v) is 13.3. The van der Waals surface area contributed by atoms with Gasteiger partial charge in [-0.3, -0.25) is 9.97 Å². The molecule has 346 valence electrons. The van der Waals surface area contributed by atoms with E-state index in [0.29, 0.717) is 39.9 Å². The van der Waals surface area contributed by atoms with E-state index < -0.39 is 34.6 Å². The average molecular weight is 952 g/mol. The van der Waals surface area contributed by atoms with Gasteiger partial charge in [-0.25, -0.2) is 0 Å². The number of alkyl halides is 6. The van der Waals surface area contributed by atoms with E-state index in [4.69, 9.17) is 9.97 Å². The Bertz CT molecular complexity index is 4110. The Kier molecular flexibility index (Phi) is 10.4. The van der Waals surface area contributed by atoms with Gasteiger partial charge < -0.3 is 9.13 Å². The van der Waals surface area contributed by atoms with E-state index >= 15 is 26.3 Å². The average Bonchev–Trinajstić information content (AvgIpc) is 3.92. The molecule has 0 unspecified atom stereocenters. The maximum absolute atomic E-state index is 15.1. The fourth-order valence-electron chi connectivity index (χ4n) is 10.3. The van der Waals surface area contributed by atoms with Crippen LogP contribution in [0.15, 0.2) is 213 Å². The van der Waals surface area contributed by atoms with Crippen molar-refractivity contribution in [2.45, 2.75) is 12.4 Å². The van der Waals surface area contributed by atoms with Crippen molar-refractivity contribution in [2.24, 2.45) is 0 Å². The first-order chi connectivity index (χ1) is 35.0. The van der Waals surface area contributed by atoms with Crippen molar-refractivity contribution in [3.05, 3.63) is 229 Å². The van der Waals surface area contributed by atoms with Crippen molar-refractivity contribution in [3.8, 4) is 73.3 Å². The van der Waals surface area contributed by atoms with Crippen molar-refractivity contribution in [1.29, 1.82) is 5.26 Å². The minimum Gasteiger partial charge on any atom is -0.307 e. The molecule has 11 heteroatoms. The van der Waals surface area contributed by atoms with E-state index in [1.54, 1.807) is 12.4 Å². The summed E-state index contributed by atoms with van der Waals surface area (Å²) in [6, 6.07) is 61.2. The number of para-hydroxylation sites is 2. The van der Waals surface area contributed by atoms with Crippen molar-refractivity contribution in [3.63, 3.8) is 0 Å². The second-order valence-electron chi connectivity index (χ2n) is 17.4. The summed E-state index contributed by atoms with van der Waals surface area (Å²) in [7, 11) is 0. The van der Waals surface area contributed by atoms with Crippen LogP contribution < -0.4 is 0 Å². The molecule has 0 radical (unpaired) electrons. The van der Waals surface area contributed by atoms with Crippen molar-refractivity contribution in [1.82, 2.24) is 19.1 Å². The van der Waals surface area contributed by atoms with Crippen LogP contribution in [-0.4, -0.2) is 19.1 Å². The zero-order chi connectivity index (χ0) is 49.3. The first-order valence-corrected chi connectivity index (χ1v) is 22.9. The van der Waals surface area contributed by atoms with E-state index in [2.05, 4.69) is 6.07 Å². The zero-order valence-corrected chi connectivity index (χ0v) is 37.7. The highest BCUT2D eigenvalue weighted by Crippen LogP contribution is 2.49. The molecule has 0 saturated carbocycles. The molecule has 4 aromatic heterocycles. The van der Waals surface area contributed by atoms with Gasteiger partial charge in [-0.15, -0.1) is 0 Å². The molecule has 72 heavy (non-hydrogen) atoms. The Labute approximate surface area is 407 Å². The lowest BCUT2D eigenvalue weighted by molar-refractivity contribution is -0.142. The third-order valence-electron chi connectivity index (χ3n) is 13.3. The monoisotopic (exact) mass is 951 g/mol. The van der Waals surface area contributed by atoms with E-state index in [1.165, 1.54) is 12.1 Å². The molecule has 12 rings (SSSR count). The summed E-state index contributed by atoms with van der Waals surface area (Å²) in [4.78, 5) is 9.52. The second kappa shape index (κ2) is 17.0. The van der Waals surface area contributed by atoms with Gasteiger partial charge in [0, 0.05) is 67.3 Å². The summed E-state index contributed by atoms with van der Waals surface area (Å²) in [6.07, 6.45) is -6.95. The summed E-state index contributed by atoms with van der Waals surface area (Å²) in [6.45, 7) is 0. The molecule has 0 aliphatic heterocycles. The molecule has 0 aliphatic carbocycles. The zero-order valence-electron chi connectivity index (χ0n) is 37.7. The second-order valence-corrected chi connectivity index (χ2v) is 17.4. The number of nitrogens with zero attached hydrogens (tertiary/aromatic N) is 5. The predicted octanol–water partition coefficient (Wildman–Crippen LogP) is 16.9. The number of pyridine rings is 2. The van der Waals surface area contributed by atoms with Gasteiger partial charge in [0.05, 0.1) is 67.6 Å². The normalized spacial score (nSPS) is 12.0. The summed E-state index contributed by atoms with van der Waals surface area (Å²) in [5.74, 6) is 0. The summed E-state index contributed by atoms with van der Waals surface area (Å²) in [5, 5.41) is 14.2. The molecule has 0 bridgehead atoms. The number of aromatic nitrogens is 4. The lowest BCUT2D eigenvalue weighted by atomic mass is 9.89. The summed E-state index contributed by atoms with van der Waals surface area (Å²) in [5.41, 5.74) is 5.00. The molecule has 0 spiro atoms. The first kappa shape index (κ1) is 44.0. The summed E-state index contributed by atoms with van der Waals surface area (Å²) < 4.78 is 94.4. The molecule has 5 nitrogen and oxygen atoms in total. The van der Waals surface area contributed by atoms with Crippen LogP contribution in [0, 0.1) is 11.3 Å². The van der Waals surface area contributed by atoms with Crippen molar-refractivity contribution >= 4 is 43.6 Å². The molecule has 4 heterocycles. The number of nitriles is 1. The Morgan fingerprint density at radius 3 is 1.26 bits per heavy atom. The SMILES string of the molecule is N#Cc1cc(-n2c3ccccc3c3cc(-c4cccnc4-c4ccccc4)ccc32)c(-n2c3ccccc3c3cc(-c4cccnc4-c4ccccc4)ccc32)cc1-c1c(C(F)(F)F)cccc1C(F)(F)F. The number of fused-ring (bicyclic) bond motifs is 6. The van der Waals surface area contributed by atoms with Crippen LogP contribution in [0.5, 0.6) is 0 Å². The van der Waals surface area contributed by atoms with Crippen LogP contribution in [0.1, 0.15) is 16.7 Å². The van der Waals surface area contributed by atoms with Crippen molar-refractivity contribution < 1.29 is 26.3 Å². The Morgan fingerprint density at radius 2 is 0.806 bits per heavy atom. The standard InChI is InChI=1S/C61H35F6N5/c62-60(63,64)49-22-11-23-50(61(65,66)67)57(49)46-35-56(72-52-25-10-8-19-45(52)48-33-40(27-29-54(48)72)43-21-13-31-70-59(43)38-16-5-2-6-17-38)55(34-41(46)36-68)71-51-24-9-7-18-44(51)47-32-39(26-28-53(47)71)42-20-12-30-69-58(42)37-14-3-1-4-15-37/h1-35H. The highest BCUT2D eigenvalue weighted by atomic mass is 19.4. The van der Waals surface area contributed by atoms with Gasteiger partial charge in [-0.1, -0.05) is 127 Å². The molecule has 0 saturated heterocycles. The Hall–Kier alpha value is -9.27. The van der Waals surface area contributed by atoms with Gasteiger partial charge in [0.2, 0.25) is 0 Å². The molecule has 0 amide bonds. The van der Waals surface area contributed by atoms with Crippen molar-refractivity contribution in [2.75, 3.05) is 0 Å². The third kappa shape index (κ3) is 7.26. The fourth-order valence-corrected chi connectivity index (χ4v) is 10.3. The Morgan fingerprint density at radius 1 is 0.375 bits per heavy atom. The van der Waals surface area contributed by atoms with E-state index in [-0.39, 0.29) is 11.3 Å². The highest BCUT2D eigenvalue weighted by Gasteiger charge is 2.42. The summed E-state index contributed by atoms with van der Waals surface area (Å²) >= 11 is 0. The molecule has 8 aromatic carbocycles. The maximum Gasteiger partial charge on any atom is 0.417 e. The Balaban J connectivity index is 1.18. The molecule has 0 aliphatic rings. The first-order valence-electron chi connectivity index (χ1n) is 22.9. The van der Waals surface area contributed by atoms with Gasteiger partial charge in [0.25, 0.3) is 0 Å². The molecular formula is C61H35F6N5. The maximum atomic E-state index is 15.1. The van der Waals surface area contributed by atoms with Crippen LogP contribution in [0.2, 0.25) is 0 Å². The minimum atomic E-state index is -5.21. The van der Waals surface area contributed by atoms with Gasteiger partial charge in [-0.05, 0) is 83.9 Å². The lowest BCUT2D eigenvalue weighted by Gasteiger charge is -2.23. The van der Waals surface area contributed by atoms with Crippen LogP contribution in [0.4, 0.5) is 26.3 Å². The number of benzene rings is 8. The molecule has 0 N–H and O–H groups in total. The van der Waals surface area contributed by atoms with E-state index in [9.17, 15) is 5.26 Å². The van der Waals surface area contributed by atoms with Gasteiger partial charge in [0.15, 0.2) is 0 Å². The number of rotatable bonds is 7. The predicted molar refractivity (Wildman–Crippen MR) is 273 cm³/mol.